The Bertz CT molecular complexity index is 1420. The molecule has 0 atom stereocenters. The van der Waals surface area contributed by atoms with E-state index in [2.05, 4.69) is 11.4 Å². The highest BCUT2D eigenvalue weighted by Crippen LogP contribution is 2.31. The molecule has 0 spiro atoms. The Morgan fingerprint density at radius 2 is 1.72 bits per heavy atom. The zero-order chi connectivity index (χ0) is 25.7. The van der Waals surface area contributed by atoms with Gasteiger partial charge in [0.05, 0.1) is 23.9 Å². The van der Waals surface area contributed by atoms with E-state index in [9.17, 15) is 19.6 Å². The second-order valence-corrected chi connectivity index (χ2v) is 7.94. The molecule has 0 saturated carbocycles. The van der Waals surface area contributed by atoms with Gasteiger partial charge >= 0.3 is 6.03 Å². The molecule has 1 N–H and O–H groups in total. The fourth-order valence-corrected chi connectivity index (χ4v) is 3.77. The number of nitriles is 1. The van der Waals surface area contributed by atoms with Gasteiger partial charge in [0.1, 0.15) is 12.2 Å². The number of nitrogens with zero attached hydrogens (tertiary/aromatic N) is 2. The monoisotopic (exact) mass is 481 g/mol. The average Bonchev–Trinajstić information content (AvgIpc) is 2.87. The Balaban J connectivity index is 1.63. The van der Waals surface area contributed by atoms with Gasteiger partial charge in [-0.25, -0.2) is 9.69 Å². The van der Waals surface area contributed by atoms with Gasteiger partial charge < -0.3 is 9.47 Å². The minimum absolute atomic E-state index is 0.165. The first-order chi connectivity index (χ1) is 17.4. The van der Waals surface area contributed by atoms with Crippen molar-refractivity contribution in [3.8, 4) is 17.6 Å². The number of anilines is 1. The van der Waals surface area contributed by atoms with Gasteiger partial charge in [-0.05, 0) is 55.3 Å². The van der Waals surface area contributed by atoms with Crippen molar-refractivity contribution in [2.45, 2.75) is 20.5 Å². The Morgan fingerprint density at radius 3 is 2.47 bits per heavy atom. The molecule has 8 heteroatoms. The molecule has 0 radical (unpaired) electrons. The molecule has 4 rings (SSSR count). The highest BCUT2D eigenvalue weighted by Gasteiger charge is 2.37. The largest absolute Gasteiger partial charge is 0.490 e. The van der Waals surface area contributed by atoms with Gasteiger partial charge in [0, 0.05) is 5.56 Å². The lowest BCUT2D eigenvalue weighted by atomic mass is 10.1. The molecule has 8 nitrogen and oxygen atoms in total. The lowest BCUT2D eigenvalue weighted by molar-refractivity contribution is -0.122. The van der Waals surface area contributed by atoms with E-state index in [1.807, 2.05) is 19.1 Å². The van der Waals surface area contributed by atoms with Crippen LogP contribution in [0.5, 0.6) is 11.5 Å². The van der Waals surface area contributed by atoms with Crippen LogP contribution in [0, 0.1) is 18.3 Å². The molecule has 3 aromatic rings. The summed E-state index contributed by atoms with van der Waals surface area (Å²) < 4.78 is 11.6. The third-order valence-electron chi connectivity index (χ3n) is 5.56. The van der Waals surface area contributed by atoms with Crippen LogP contribution in [-0.2, 0) is 16.2 Å². The quantitative estimate of drug-likeness (QED) is 0.393. The molecule has 1 fully saturated rings. The van der Waals surface area contributed by atoms with Crippen molar-refractivity contribution < 1.29 is 23.9 Å². The van der Waals surface area contributed by atoms with E-state index in [4.69, 9.17) is 9.47 Å². The van der Waals surface area contributed by atoms with Crippen molar-refractivity contribution in [3.05, 3.63) is 94.6 Å². The van der Waals surface area contributed by atoms with Crippen molar-refractivity contribution >= 4 is 29.6 Å². The van der Waals surface area contributed by atoms with Crippen LogP contribution in [0.2, 0.25) is 0 Å². The van der Waals surface area contributed by atoms with E-state index in [0.29, 0.717) is 40.5 Å². The number of aryl methyl sites for hydroxylation is 1. The van der Waals surface area contributed by atoms with Crippen molar-refractivity contribution in [2.24, 2.45) is 0 Å². The second kappa shape index (κ2) is 10.6. The number of carbonyl (C=O) groups excluding carboxylic acids is 3. The van der Waals surface area contributed by atoms with Crippen molar-refractivity contribution in [1.82, 2.24) is 5.32 Å². The molecule has 4 amide bonds. The third kappa shape index (κ3) is 4.95. The fraction of sp³-hybridized carbons (Fsp3) is 0.143. The van der Waals surface area contributed by atoms with Crippen LogP contribution in [0.15, 0.2) is 72.3 Å². The van der Waals surface area contributed by atoms with Crippen LogP contribution < -0.4 is 19.7 Å². The zero-order valence-corrected chi connectivity index (χ0v) is 19.8. The van der Waals surface area contributed by atoms with Crippen LogP contribution in [0.25, 0.3) is 6.08 Å². The van der Waals surface area contributed by atoms with E-state index in [1.54, 1.807) is 61.5 Å². The van der Waals surface area contributed by atoms with Crippen LogP contribution in [-0.4, -0.2) is 24.5 Å². The molecule has 0 aromatic heterocycles. The number of ether oxygens (including phenoxy) is 2. The maximum absolute atomic E-state index is 13.2. The van der Waals surface area contributed by atoms with E-state index in [-0.39, 0.29) is 12.2 Å². The number of para-hydroxylation sites is 1. The molecule has 0 aliphatic carbocycles. The van der Waals surface area contributed by atoms with E-state index in [0.717, 1.165) is 10.5 Å². The number of amides is 4. The molecule has 1 aliphatic rings. The van der Waals surface area contributed by atoms with Gasteiger partial charge in [-0.3, -0.25) is 14.9 Å². The smallest absolute Gasteiger partial charge is 0.335 e. The first kappa shape index (κ1) is 24.2. The summed E-state index contributed by atoms with van der Waals surface area (Å²) in [5, 5.41) is 11.5. The Morgan fingerprint density at radius 1 is 0.972 bits per heavy atom. The lowest BCUT2D eigenvalue weighted by Crippen LogP contribution is -2.54. The molecule has 1 saturated heterocycles. The molecule has 36 heavy (non-hydrogen) atoms. The zero-order valence-electron chi connectivity index (χ0n) is 19.8. The van der Waals surface area contributed by atoms with Gasteiger partial charge in [0.2, 0.25) is 0 Å². The number of urea groups is 1. The average molecular weight is 482 g/mol. The van der Waals surface area contributed by atoms with Crippen molar-refractivity contribution in [1.29, 1.82) is 5.26 Å². The summed E-state index contributed by atoms with van der Waals surface area (Å²) in [6.45, 7) is 4.13. The number of benzene rings is 3. The Kier molecular flexibility index (Phi) is 7.12. The molecule has 0 bridgehead atoms. The van der Waals surface area contributed by atoms with Crippen LogP contribution >= 0.6 is 0 Å². The molecule has 180 valence electrons. The maximum atomic E-state index is 13.2. The highest BCUT2D eigenvalue weighted by molar-refractivity contribution is 6.39. The van der Waals surface area contributed by atoms with Gasteiger partial charge in [-0.2, -0.15) is 5.26 Å². The summed E-state index contributed by atoms with van der Waals surface area (Å²) in [6.07, 6.45) is 1.41. The third-order valence-corrected chi connectivity index (χ3v) is 5.56. The van der Waals surface area contributed by atoms with Crippen LogP contribution in [0.4, 0.5) is 10.5 Å². The maximum Gasteiger partial charge on any atom is 0.335 e. The molecule has 0 unspecified atom stereocenters. The van der Waals surface area contributed by atoms with Crippen LogP contribution in [0.1, 0.15) is 29.2 Å². The van der Waals surface area contributed by atoms with Crippen molar-refractivity contribution in [2.75, 3.05) is 11.5 Å². The Hall–Kier alpha value is -4.90. The van der Waals surface area contributed by atoms with Gasteiger partial charge in [-0.1, -0.05) is 42.5 Å². The number of nitrogens with one attached hydrogen (secondary N) is 1. The summed E-state index contributed by atoms with van der Waals surface area (Å²) in [6, 6.07) is 20.4. The van der Waals surface area contributed by atoms with E-state index < -0.39 is 17.8 Å². The summed E-state index contributed by atoms with van der Waals surface area (Å²) in [4.78, 5) is 39.2. The van der Waals surface area contributed by atoms with Crippen LogP contribution in [0.3, 0.4) is 0 Å². The number of barbiturate groups is 1. The minimum Gasteiger partial charge on any atom is -0.490 e. The summed E-state index contributed by atoms with van der Waals surface area (Å²) in [5.74, 6) is -0.634. The predicted octanol–water partition coefficient (Wildman–Crippen LogP) is 4.51. The van der Waals surface area contributed by atoms with Gasteiger partial charge in [-0.15, -0.1) is 0 Å². The lowest BCUT2D eigenvalue weighted by Gasteiger charge is -2.27. The van der Waals surface area contributed by atoms with E-state index >= 15 is 0 Å². The summed E-state index contributed by atoms with van der Waals surface area (Å²) in [5.41, 5.74) is 2.70. The summed E-state index contributed by atoms with van der Waals surface area (Å²) >= 11 is 0. The minimum atomic E-state index is -0.798. The normalized spacial score (nSPS) is 14.4. The van der Waals surface area contributed by atoms with Crippen molar-refractivity contribution in [3.63, 3.8) is 0 Å². The number of hydrogen-bond acceptors (Lipinski definition) is 6. The molecular weight excluding hydrogens is 458 g/mol. The SMILES string of the molecule is CCOc1cc(/C=C2\C(=O)NC(=O)N(c3ccccc3C)C2=O)ccc1OCc1ccccc1C#N. The topological polar surface area (TPSA) is 109 Å². The Labute approximate surface area is 208 Å². The highest BCUT2D eigenvalue weighted by atomic mass is 16.5. The molecule has 1 aliphatic heterocycles. The summed E-state index contributed by atoms with van der Waals surface area (Å²) in [7, 11) is 0. The molecule has 1 heterocycles. The predicted molar refractivity (Wildman–Crippen MR) is 133 cm³/mol. The van der Waals surface area contributed by atoms with Gasteiger partial charge in [0.15, 0.2) is 11.5 Å². The first-order valence-electron chi connectivity index (χ1n) is 11.3. The fourth-order valence-electron chi connectivity index (χ4n) is 3.77. The number of rotatable bonds is 7. The number of imide groups is 2. The standard InChI is InChI=1S/C28H23N3O5/c1-3-35-25-15-19(12-13-24(25)36-17-21-10-6-5-9-20(21)16-29)14-22-26(32)30-28(34)31(27(22)33)23-11-7-4-8-18(23)2/h4-15H,3,17H2,1-2H3,(H,30,32,34)/b22-14+. The number of hydrogen-bond donors (Lipinski definition) is 1. The number of carbonyl (C=O) groups is 3. The van der Waals surface area contributed by atoms with Gasteiger partial charge in [0.25, 0.3) is 11.8 Å². The molecule has 3 aromatic carbocycles. The first-order valence-corrected chi connectivity index (χ1v) is 11.3. The van der Waals surface area contributed by atoms with E-state index in [1.165, 1.54) is 6.08 Å². The molecular formula is C28H23N3O5. The second-order valence-electron chi connectivity index (χ2n) is 7.94.